The van der Waals surface area contributed by atoms with Crippen molar-refractivity contribution < 1.29 is 0 Å². The average molecular weight is 139 g/mol. The van der Waals surface area contributed by atoms with Crippen molar-refractivity contribution in [3.63, 3.8) is 0 Å². The Bertz CT molecular complexity index is 146. The van der Waals surface area contributed by atoms with Crippen molar-refractivity contribution in [1.82, 2.24) is 5.32 Å². The Labute approximate surface area is 63.2 Å². The van der Waals surface area contributed by atoms with Crippen molar-refractivity contribution >= 4 is 0 Å². The van der Waals surface area contributed by atoms with Gasteiger partial charge in [0.05, 0.1) is 0 Å². The predicted molar refractivity (Wildman–Crippen MR) is 42.8 cm³/mol. The molecule has 1 heterocycles. The van der Waals surface area contributed by atoms with Gasteiger partial charge in [0.1, 0.15) is 0 Å². The molecule has 1 aliphatic carbocycles. The van der Waals surface area contributed by atoms with E-state index in [-0.39, 0.29) is 0 Å². The van der Waals surface area contributed by atoms with Gasteiger partial charge < -0.3 is 5.32 Å². The first-order valence-corrected chi connectivity index (χ1v) is 4.43. The van der Waals surface area contributed by atoms with Crippen LogP contribution in [-0.4, -0.2) is 12.6 Å². The maximum absolute atomic E-state index is 3.57. The molecule has 1 aliphatic heterocycles. The first kappa shape index (κ1) is 6.66. The lowest BCUT2D eigenvalue weighted by Crippen LogP contribution is -2.13. The van der Waals surface area contributed by atoms with E-state index in [2.05, 4.69) is 26.1 Å². The van der Waals surface area contributed by atoms with Gasteiger partial charge in [-0.05, 0) is 30.2 Å². The van der Waals surface area contributed by atoms with Crippen molar-refractivity contribution in [3.05, 3.63) is 0 Å². The van der Waals surface area contributed by atoms with Crippen LogP contribution in [-0.2, 0) is 0 Å². The van der Waals surface area contributed by atoms with Crippen molar-refractivity contribution in [2.24, 2.45) is 17.3 Å². The molecule has 0 amide bonds. The molecule has 2 fully saturated rings. The number of nitrogens with one attached hydrogen (secondary N) is 1. The maximum Gasteiger partial charge on any atom is 0.0161 e. The Morgan fingerprint density at radius 2 is 2.20 bits per heavy atom. The zero-order valence-electron chi connectivity index (χ0n) is 7.15. The van der Waals surface area contributed by atoms with Crippen LogP contribution in [0, 0.1) is 17.3 Å². The SMILES string of the molecule is CC(C)[C@@]12CCN[C@@H]1[C@@H]2C. The monoisotopic (exact) mass is 139 g/mol. The molecule has 0 aromatic carbocycles. The second kappa shape index (κ2) is 1.76. The smallest absolute Gasteiger partial charge is 0.0161 e. The van der Waals surface area contributed by atoms with Crippen LogP contribution in [0.3, 0.4) is 0 Å². The summed E-state index contributed by atoms with van der Waals surface area (Å²) in [4.78, 5) is 0. The second-order valence-corrected chi connectivity index (χ2v) is 4.24. The Morgan fingerprint density at radius 3 is 2.50 bits per heavy atom. The van der Waals surface area contributed by atoms with Gasteiger partial charge in [-0.2, -0.15) is 0 Å². The summed E-state index contributed by atoms with van der Waals surface area (Å²) < 4.78 is 0. The minimum atomic E-state index is 0.708. The summed E-state index contributed by atoms with van der Waals surface area (Å²) in [6.45, 7) is 8.37. The molecule has 1 saturated heterocycles. The van der Waals surface area contributed by atoms with Crippen LogP contribution in [0.15, 0.2) is 0 Å². The van der Waals surface area contributed by atoms with E-state index in [4.69, 9.17) is 0 Å². The van der Waals surface area contributed by atoms with Gasteiger partial charge in [0, 0.05) is 6.04 Å². The Hall–Kier alpha value is -0.0400. The number of fused-ring (bicyclic) bond motifs is 1. The number of hydrogen-bond donors (Lipinski definition) is 1. The highest BCUT2D eigenvalue weighted by molar-refractivity contribution is 5.18. The fourth-order valence-electron chi connectivity index (χ4n) is 3.02. The Kier molecular flexibility index (Phi) is 1.17. The first-order chi connectivity index (χ1) is 4.69. The Morgan fingerprint density at radius 1 is 1.50 bits per heavy atom. The molecule has 0 unspecified atom stereocenters. The third kappa shape index (κ3) is 0.531. The summed E-state index contributed by atoms with van der Waals surface area (Å²) in [5.74, 6) is 1.82. The number of piperidine rings is 1. The lowest BCUT2D eigenvalue weighted by Gasteiger charge is -2.16. The van der Waals surface area contributed by atoms with E-state index < -0.39 is 0 Å². The molecule has 2 aliphatic rings. The molecule has 0 bridgehead atoms. The van der Waals surface area contributed by atoms with Crippen molar-refractivity contribution in [1.29, 1.82) is 0 Å². The molecule has 1 nitrogen and oxygen atoms in total. The molecular formula is C9H17N. The zero-order valence-corrected chi connectivity index (χ0v) is 7.15. The average Bonchev–Trinajstić information content (AvgIpc) is 2.36. The van der Waals surface area contributed by atoms with E-state index in [1.54, 1.807) is 0 Å². The van der Waals surface area contributed by atoms with Gasteiger partial charge in [0.25, 0.3) is 0 Å². The quantitative estimate of drug-likeness (QED) is 0.582. The highest BCUT2D eigenvalue weighted by atomic mass is 15.1. The molecule has 1 heteroatoms. The summed E-state index contributed by atoms with van der Waals surface area (Å²) in [5.41, 5.74) is 0.708. The lowest BCUT2D eigenvalue weighted by atomic mass is 9.88. The highest BCUT2D eigenvalue weighted by Gasteiger charge is 2.65. The summed E-state index contributed by atoms with van der Waals surface area (Å²) in [6.07, 6.45) is 1.41. The van der Waals surface area contributed by atoms with Crippen LogP contribution in [0.1, 0.15) is 27.2 Å². The topological polar surface area (TPSA) is 12.0 Å². The molecular weight excluding hydrogens is 122 g/mol. The van der Waals surface area contributed by atoms with E-state index in [1.807, 2.05) is 0 Å². The molecule has 1 N–H and O–H groups in total. The van der Waals surface area contributed by atoms with Gasteiger partial charge in [-0.1, -0.05) is 20.8 Å². The van der Waals surface area contributed by atoms with E-state index in [9.17, 15) is 0 Å². The summed E-state index contributed by atoms with van der Waals surface area (Å²) in [5, 5.41) is 3.57. The largest absolute Gasteiger partial charge is 0.313 e. The predicted octanol–water partition coefficient (Wildman–Crippen LogP) is 1.64. The molecule has 3 atom stereocenters. The number of rotatable bonds is 1. The molecule has 10 heavy (non-hydrogen) atoms. The van der Waals surface area contributed by atoms with Crippen molar-refractivity contribution in [3.8, 4) is 0 Å². The van der Waals surface area contributed by atoms with Gasteiger partial charge in [-0.25, -0.2) is 0 Å². The fraction of sp³-hybridized carbons (Fsp3) is 1.00. The highest BCUT2D eigenvalue weighted by Crippen LogP contribution is 2.62. The molecule has 0 aromatic rings. The molecule has 0 radical (unpaired) electrons. The van der Waals surface area contributed by atoms with E-state index >= 15 is 0 Å². The molecule has 1 saturated carbocycles. The van der Waals surface area contributed by atoms with Gasteiger partial charge in [-0.15, -0.1) is 0 Å². The maximum atomic E-state index is 3.57. The summed E-state index contributed by atoms with van der Waals surface area (Å²) >= 11 is 0. The molecule has 58 valence electrons. The first-order valence-electron chi connectivity index (χ1n) is 4.43. The third-order valence-electron chi connectivity index (χ3n) is 3.81. The van der Waals surface area contributed by atoms with E-state index in [1.165, 1.54) is 13.0 Å². The van der Waals surface area contributed by atoms with Crippen LogP contribution >= 0.6 is 0 Å². The van der Waals surface area contributed by atoms with Crippen LogP contribution in [0.25, 0.3) is 0 Å². The van der Waals surface area contributed by atoms with Crippen LogP contribution in [0.4, 0.5) is 0 Å². The van der Waals surface area contributed by atoms with Crippen LogP contribution < -0.4 is 5.32 Å². The fourth-order valence-corrected chi connectivity index (χ4v) is 3.02. The zero-order chi connectivity index (χ0) is 7.35. The van der Waals surface area contributed by atoms with Gasteiger partial charge in [0.2, 0.25) is 0 Å². The minimum absolute atomic E-state index is 0.708. The standard InChI is InChI=1S/C9H17N/c1-6(2)9-4-5-10-8(9)7(9)3/h6-8,10H,4-5H2,1-3H3/t7-,8+,9+/m0/s1. The number of hydrogen-bond acceptors (Lipinski definition) is 1. The van der Waals surface area contributed by atoms with Gasteiger partial charge in [0.15, 0.2) is 0 Å². The minimum Gasteiger partial charge on any atom is -0.313 e. The van der Waals surface area contributed by atoms with E-state index in [0.717, 1.165) is 17.9 Å². The molecule has 2 rings (SSSR count). The van der Waals surface area contributed by atoms with E-state index in [0.29, 0.717) is 5.41 Å². The molecule has 0 aromatic heterocycles. The Balaban J connectivity index is 2.16. The van der Waals surface area contributed by atoms with Crippen LogP contribution in [0.2, 0.25) is 0 Å². The summed E-state index contributed by atoms with van der Waals surface area (Å²) in [6, 6.07) is 0.868. The van der Waals surface area contributed by atoms with Gasteiger partial charge >= 0.3 is 0 Å². The normalized spacial score (nSPS) is 51.6. The van der Waals surface area contributed by atoms with Crippen LogP contribution in [0.5, 0.6) is 0 Å². The van der Waals surface area contributed by atoms with Crippen molar-refractivity contribution in [2.45, 2.75) is 33.2 Å². The van der Waals surface area contributed by atoms with Crippen molar-refractivity contribution in [2.75, 3.05) is 6.54 Å². The summed E-state index contributed by atoms with van der Waals surface area (Å²) in [7, 11) is 0. The second-order valence-electron chi connectivity index (χ2n) is 4.24. The lowest BCUT2D eigenvalue weighted by molar-refractivity contribution is 0.329. The van der Waals surface area contributed by atoms with Gasteiger partial charge in [-0.3, -0.25) is 0 Å². The molecule has 0 spiro atoms. The third-order valence-corrected chi connectivity index (χ3v) is 3.81.